The van der Waals surface area contributed by atoms with Crippen LogP contribution in [-0.2, 0) is 21.7 Å². The van der Waals surface area contributed by atoms with Gasteiger partial charge in [-0.1, -0.05) is 12.8 Å². The molecule has 1 aliphatic rings. The van der Waals surface area contributed by atoms with E-state index < -0.39 is 0 Å². The van der Waals surface area contributed by atoms with Crippen molar-refractivity contribution in [1.29, 1.82) is 0 Å². The van der Waals surface area contributed by atoms with Gasteiger partial charge in [-0.2, -0.15) is 12.8 Å². The first-order chi connectivity index (χ1) is 2.50. The van der Waals surface area contributed by atoms with Crippen LogP contribution >= 0.6 is 12.4 Å². The molecule has 0 atom stereocenters. The summed E-state index contributed by atoms with van der Waals surface area (Å²) in [4.78, 5) is 0. The third-order valence-electron chi connectivity index (χ3n) is 1.07. The minimum absolute atomic E-state index is 0. The van der Waals surface area contributed by atoms with Gasteiger partial charge in [0.1, 0.15) is 0 Å². The van der Waals surface area contributed by atoms with E-state index in [-0.39, 0.29) is 34.1 Å². The molecule has 0 saturated heterocycles. The van der Waals surface area contributed by atoms with Crippen LogP contribution in [0.4, 0.5) is 0 Å². The molecule has 1 aliphatic carbocycles. The summed E-state index contributed by atoms with van der Waals surface area (Å²) in [5.41, 5.74) is 0. The second-order valence-electron chi connectivity index (χ2n) is 1.57. The molecular weight excluding hydrogens is 143 g/mol. The molecule has 0 radical (unpaired) electrons. The number of rotatable bonds is 0. The molecule has 0 aromatic carbocycles. The van der Waals surface area contributed by atoms with Crippen molar-refractivity contribution in [3.05, 3.63) is 6.42 Å². The molecular formula is C5H10ClTi-. The van der Waals surface area contributed by atoms with Gasteiger partial charge in [0.05, 0.1) is 0 Å². The van der Waals surface area contributed by atoms with Crippen molar-refractivity contribution in [2.45, 2.75) is 25.7 Å². The van der Waals surface area contributed by atoms with E-state index in [0.717, 1.165) is 0 Å². The van der Waals surface area contributed by atoms with Gasteiger partial charge in [0.25, 0.3) is 0 Å². The van der Waals surface area contributed by atoms with Crippen LogP contribution in [0.15, 0.2) is 0 Å². The Hall–Kier alpha value is 1.00. The van der Waals surface area contributed by atoms with Gasteiger partial charge in [0, 0.05) is 21.7 Å². The van der Waals surface area contributed by atoms with E-state index in [1.165, 1.54) is 25.7 Å². The van der Waals surface area contributed by atoms with Gasteiger partial charge in [-0.05, 0) is 0 Å². The smallest absolute Gasteiger partial charge is 0 e. The van der Waals surface area contributed by atoms with Crippen LogP contribution in [0.2, 0.25) is 0 Å². The maximum atomic E-state index is 2.36. The predicted octanol–water partition coefficient (Wildman–Crippen LogP) is 2.18. The van der Waals surface area contributed by atoms with Gasteiger partial charge in [0.15, 0.2) is 0 Å². The van der Waals surface area contributed by atoms with Crippen LogP contribution in [-0.4, -0.2) is 0 Å². The average Bonchev–Trinajstić information content (AvgIpc) is 1.76. The molecule has 0 aliphatic heterocycles. The van der Waals surface area contributed by atoms with Crippen molar-refractivity contribution >= 4 is 12.4 Å². The summed E-state index contributed by atoms with van der Waals surface area (Å²) in [5.74, 6) is 0. The molecule has 0 heterocycles. The molecule has 1 fully saturated rings. The van der Waals surface area contributed by atoms with Crippen LogP contribution in [0.1, 0.15) is 25.7 Å². The zero-order chi connectivity index (χ0) is 3.54. The van der Waals surface area contributed by atoms with E-state index in [1.807, 2.05) is 0 Å². The fraction of sp³-hybridized carbons (Fsp3) is 0.800. The topological polar surface area (TPSA) is 0 Å². The SMILES string of the molecule is Cl.[CH-]1CCCC1.[Ti]. The Bertz CT molecular complexity index is 19.7. The quantitative estimate of drug-likeness (QED) is 0.370. The molecule has 42 valence electrons. The summed E-state index contributed by atoms with van der Waals surface area (Å²) in [7, 11) is 0. The van der Waals surface area contributed by atoms with Crippen molar-refractivity contribution in [3.8, 4) is 0 Å². The number of halogens is 1. The largest absolute Gasteiger partial charge is 0.328 e. The van der Waals surface area contributed by atoms with Crippen LogP contribution in [0.5, 0.6) is 0 Å². The van der Waals surface area contributed by atoms with Crippen LogP contribution in [0.25, 0.3) is 0 Å². The first-order valence-corrected chi connectivity index (χ1v) is 2.32. The number of hydrogen-bond acceptors (Lipinski definition) is 0. The Balaban J connectivity index is 0. The van der Waals surface area contributed by atoms with E-state index in [0.29, 0.717) is 0 Å². The van der Waals surface area contributed by atoms with Crippen LogP contribution in [0, 0.1) is 6.42 Å². The zero-order valence-corrected chi connectivity index (χ0v) is 6.69. The average molecular weight is 153 g/mol. The normalized spacial score (nSPS) is 17.1. The summed E-state index contributed by atoms with van der Waals surface area (Å²) in [6.45, 7) is 0. The molecule has 0 aromatic heterocycles. The van der Waals surface area contributed by atoms with Crippen molar-refractivity contribution in [2.75, 3.05) is 0 Å². The predicted molar refractivity (Wildman–Crippen MR) is 30.0 cm³/mol. The third kappa shape index (κ3) is 4.87. The Morgan fingerprint density at radius 3 is 1.57 bits per heavy atom. The molecule has 0 amide bonds. The van der Waals surface area contributed by atoms with Gasteiger partial charge in [-0.15, -0.1) is 12.4 Å². The molecule has 0 unspecified atom stereocenters. The Morgan fingerprint density at radius 1 is 1.00 bits per heavy atom. The molecule has 1 saturated carbocycles. The summed E-state index contributed by atoms with van der Waals surface area (Å²) in [6, 6.07) is 0. The summed E-state index contributed by atoms with van der Waals surface area (Å²) >= 11 is 0. The standard InChI is InChI=1S/C5H9.ClH.Ti/c1-2-4-5-3-1;;/h1H,2-5H2;1H;/q-1;;. The summed E-state index contributed by atoms with van der Waals surface area (Å²) < 4.78 is 0. The van der Waals surface area contributed by atoms with E-state index in [9.17, 15) is 0 Å². The zero-order valence-electron chi connectivity index (χ0n) is 4.31. The van der Waals surface area contributed by atoms with Gasteiger partial charge in [-0.25, -0.2) is 0 Å². The van der Waals surface area contributed by atoms with E-state index in [4.69, 9.17) is 0 Å². The molecule has 0 spiro atoms. The molecule has 0 nitrogen and oxygen atoms in total. The summed E-state index contributed by atoms with van der Waals surface area (Å²) in [5, 5.41) is 0. The van der Waals surface area contributed by atoms with Gasteiger partial charge < -0.3 is 6.42 Å². The minimum atomic E-state index is 0. The van der Waals surface area contributed by atoms with Crippen molar-refractivity contribution < 1.29 is 21.7 Å². The molecule has 7 heavy (non-hydrogen) atoms. The fourth-order valence-corrected chi connectivity index (χ4v) is 0.722. The van der Waals surface area contributed by atoms with Gasteiger partial charge >= 0.3 is 0 Å². The van der Waals surface area contributed by atoms with Gasteiger partial charge in [0.2, 0.25) is 0 Å². The molecule has 0 bridgehead atoms. The van der Waals surface area contributed by atoms with E-state index in [2.05, 4.69) is 6.42 Å². The van der Waals surface area contributed by atoms with Crippen LogP contribution < -0.4 is 0 Å². The fourth-order valence-electron chi connectivity index (χ4n) is 0.722. The minimum Gasteiger partial charge on any atom is -0.328 e. The Labute approximate surface area is 66.4 Å². The number of hydrogen-bond donors (Lipinski definition) is 0. The van der Waals surface area contributed by atoms with Crippen molar-refractivity contribution in [2.24, 2.45) is 0 Å². The van der Waals surface area contributed by atoms with Gasteiger partial charge in [-0.3, -0.25) is 0 Å². The van der Waals surface area contributed by atoms with Crippen molar-refractivity contribution in [3.63, 3.8) is 0 Å². The van der Waals surface area contributed by atoms with E-state index >= 15 is 0 Å². The molecule has 1 rings (SSSR count). The maximum Gasteiger partial charge on any atom is 0 e. The monoisotopic (exact) mass is 153 g/mol. The molecule has 2 heteroatoms. The van der Waals surface area contributed by atoms with Crippen LogP contribution in [0.3, 0.4) is 0 Å². The third-order valence-corrected chi connectivity index (χ3v) is 1.07. The Morgan fingerprint density at radius 2 is 1.43 bits per heavy atom. The molecule has 0 aromatic rings. The van der Waals surface area contributed by atoms with E-state index in [1.54, 1.807) is 0 Å². The second kappa shape index (κ2) is 7.00. The maximum absolute atomic E-state index is 2.36. The second-order valence-corrected chi connectivity index (χ2v) is 1.57. The van der Waals surface area contributed by atoms with Crippen molar-refractivity contribution in [1.82, 2.24) is 0 Å². The Kier molecular flexibility index (Phi) is 10.9. The molecule has 0 N–H and O–H groups in total. The first kappa shape index (κ1) is 10.9. The summed E-state index contributed by atoms with van der Waals surface area (Å²) in [6.07, 6.45) is 8.00. The first-order valence-electron chi connectivity index (χ1n) is 2.32.